The van der Waals surface area contributed by atoms with Crippen molar-refractivity contribution in [2.75, 3.05) is 13.2 Å². The summed E-state index contributed by atoms with van der Waals surface area (Å²) in [6, 6.07) is 2.10. The highest BCUT2D eigenvalue weighted by Gasteiger charge is 2.25. The first-order valence-electron chi connectivity index (χ1n) is 8.28. The molecule has 2 N–H and O–H groups in total. The van der Waals surface area contributed by atoms with Gasteiger partial charge in [-0.3, -0.25) is 4.79 Å². The predicted molar refractivity (Wildman–Crippen MR) is 85.8 cm³/mol. The zero-order valence-corrected chi connectivity index (χ0v) is 13.4. The zero-order chi connectivity index (χ0) is 14.7. The van der Waals surface area contributed by atoms with Crippen LogP contribution in [0.3, 0.4) is 0 Å². The average Bonchev–Trinajstić information content (AvgIpc) is 2.97. The molecule has 2 aliphatic rings. The Labute approximate surface area is 130 Å². The molecule has 2 unspecified atom stereocenters. The molecule has 1 aromatic heterocycles. The van der Waals surface area contributed by atoms with E-state index in [-0.39, 0.29) is 12.5 Å². The predicted octanol–water partition coefficient (Wildman–Crippen LogP) is 3.16. The van der Waals surface area contributed by atoms with Gasteiger partial charge in [-0.25, -0.2) is 0 Å². The Kier molecular flexibility index (Phi) is 4.96. The molecule has 0 aromatic carbocycles. The summed E-state index contributed by atoms with van der Waals surface area (Å²) >= 11 is 1.68. The lowest BCUT2D eigenvalue weighted by Gasteiger charge is -2.30. The number of rotatable bonds is 4. The van der Waals surface area contributed by atoms with Gasteiger partial charge in [-0.1, -0.05) is 12.8 Å². The van der Waals surface area contributed by atoms with Crippen LogP contribution in [0.25, 0.3) is 0 Å². The van der Waals surface area contributed by atoms with E-state index in [1.807, 2.05) is 0 Å². The number of aryl methyl sites for hydroxylation is 2. The van der Waals surface area contributed by atoms with E-state index in [1.165, 1.54) is 36.1 Å². The highest BCUT2D eigenvalue weighted by molar-refractivity contribution is 7.14. The molecule has 3 nitrogen and oxygen atoms in total. The second-order valence-corrected chi connectivity index (χ2v) is 7.60. The van der Waals surface area contributed by atoms with Gasteiger partial charge in [0.25, 0.3) is 5.91 Å². The Morgan fingerprint density at radius 3 is 2.71 bits per heavy atom. The summed E-state index contributed by atoms with van der Waals surface area (Å²) in [6.07, 6.45) is 9.46. The Bertz CT molecular complexity index is 473. The Morgan fingerprint density at radius 2 is 1.95 bits per heavy atom. The molecule has 1 fully saturated rings. The van der Waals surface area contributed by atoms with Crippen LogP contribution in [0, 0.1) is 11.8 Å². The smallest absolute Gasteiger partial charge is 0.261 e. The first-order chi connectivity index (χ1) is 10.3. The normalized spacial score (nSPS) is 25.4. The number of aliphatic hydroxyl groups excluding tert-OH is 1. The largest absolute Gasteiger partial charge is 0.396 e. The van der Waals surface area contributed by atoms with Crippen LogP contribution in [-0.2, 0) is 12.8 Å². The zero-order valence-electron chi connectivity index (χ0n) is 12.6. The molecule has 2 aliphatic carbocycles. The number of thiophene rings is 1. The van der Waals surface area contributed by atoms with Crippen LogP contribution in [0.15, 0.2) is 6.07 Å². The van der Waals surface area contributed by atoms with Gasteiger partial charge in [0.1, 0.15) is 0 Å². The molecule has 0 aliphatic heterocycles. The summed E-state index contributed by atoms with van der Waals surface area (Å²) in [5.41, 5.74) is 1.39. The molecule has 0 spiro atoms. The average molecular weight is 307 g/mol. The number of aliphatic hydroxyl groups is 1. The van der Waals surface area contributed by atoms with Crippen molar-refractivity contribution >= 4 is 17.2 Å². The van der Waals surface area contributed by atoms with E-state index >= 15 is 0 Å². The van der Waals surface area contributed by atoms with Crippen molar-refractivity contribution in [1.82, 2.24) is 5.32 Å². The third kappa shape index (κ3) is 3.49. The van der Waals surface area contributed by atoms with E-state index in [9.17, 15) is 9.90 Å². The van der Waals surface area contributed by atoms with Crippen molar-refractivity contribution in [1.29, 1.82) is 0 Å². The second-order valence-electron chi connectivity index (χ2n) is 6.46. The molecule has 116 valence electrons. The van der Waals surface area contributed by atoms with Gasteiger partial charge in [0.2, 0.25) is 0 Å². The van der Waals surface area contributed by atoms with Gasteiger partial charge in [-0.05, 0) is 62.0 Å². The number of hydrogen-bond acceptors (Lipinski definition) is 3. The van der Waals surface area contributed by atoms with Crippen LogP contribution in [-0.4, -0.2) is 24.2 Å². The summed E-state index contributed by atoms with van der Waals surface area (Å²) < 4.78 is 0. The lowest BCUT2D eigenvalue weighted by molar-refractivity contribution is 0.0913. The van der Waals surface area contributed by atoms with Gasteiger partial charge in [0.05, 0.1) is 4.88 Å². The van der Waals surface area contributed by atoms with E-state index in [4.69, 9.17) is 0 Å². The van der Waals surface area contributed by atoms with E-state index in [2.05, 4.69) is 11.4 Å². The van der Waals surface area contributed by atoms with E-state index in [1.54, 1.807) is 11.3 Å². The number of fused-ring (bicyclic) bond motifs is 1. The van der Waals surface area contributed by atoms with E-state index < -0.39 is 0 Å². The SMILES string of the molecule is O=C(NCC1CCCCC1CO)c1cc2c(s1)CCCC2. The minimum Gasteiger partial charge on any atom is -0.396 e. The Morgan fingerprint density at radius 1 is 1.19 bits per heavy atom. The van der Waals surface area contributed by atoms with E-state index in [0.717, 1.165) is 30.6 Å². The molecule has 0 bridgehead atoms. The first-order valence-corrected chi connectivity index (χ1v) is 9.10. The highest BCUT2D eigenvalue weighted by atomic mass is 32.1. The molecule has 3 rings (SSSR count). The fraction of sp³-hybridized carbons (Fsp3) is 0.706. The molecule has 1 amide bonds. The molecule has 1 heterocycles. The summed E-state index contributed by atoms with van der Waals surface area (Å²) in [6.45, 7) is 0.973. The van der Waals surface area contributed by atoms with Crippen molar-refractivity contribution in [3.63, 3.8) is 0 Å². The standard InChI is InChI=1S/C17H25NO2S/c19-11-14-7-2-1-6-13(14)10-18-17(20)16-9-12-5-3-4-8-15(12)21-16/h9,13-14,19H,1-8,10-11H2,(H,18,20). The van der Waals surface area contributed by atoms with Gasteiger partial charge in [0, 0.05) is 18.0 Å². The summed E-state index contributed by atoms with van der Waals surface area (Å²) in [5.74, 6) is 0.898. The van der Waals surface area contributed by atoms with Crippen LogP contribution in [0.4, 0.5) is 0 Å². The maximum atomic E-state index is 12.3. The molecule has 1 aromatic rings. The number of nitrogens with one attached hydrogen (secondary N) is 1. The molecule has 1 saturated carbocycles. The molecule has 0 saturated heterocycles. The van der Waals surface area contributed by atoms with Crippen molar-refractivity contribution in [2.45, 2.75) is 51.4 Å². The van der Waals surface area contributed by atoms with Crippen LogP contribution >= 0.6 is 11.3 Å². The molecule has 2 atom stereocenters. The lowest BCUT2D eigenvalue weighted by atomic mass is 9.79. The van der Waals surface area contributed by atoms with Gasteiger partial charge < -0.3 is 10.4 Å². The quantitative estimate of drug-likeness (QED) is 0.897. The number of carbonyl (C=O) groups is 1. The summed E-state index contributed by atoms with van der Waals surface area (Å²) in [4.78, 5) is 14.6. The molecule has 4 heteroatoms. The maximum absolute atomic E-state index is 12.3. The second kappa shape index (κ2) is 6.93. The fourth-order valence-electron chi connectivity index (χ4n) is 3.71. The van der Waals surface area contributed by atoms with Gasteiger partial charge in [0.15, 0.2) is 0 Å². The van der Waals surface area contributed by atoms with Gasteiger partial charge >= 0.3 is 0 Å². The molecular weight excluding hydrogens is 282 g/mol. The monoisotopic (exact) mass is 307 g/mol. The first kappa shape index (κ1) is 15.0. The molecule has 21 heavy (non-hydrogen) atoms. The summed E-state index contributed by atoms with van der Waals surface area (Å²) in [5, 5.41) is 12.5. The number of hydrogen-bond donors (Lipinski definition) is 2. The van der Waals surface area contributed by atoms with Crippen LogP contribution in [0.1, 0.15) is 58.6 Å². The van der Waals surface area contributed by atoms with Gasteiger partial charge in [-0.15, -0.1) is 11.3 Å². The van der Waals surface area contributed by atoms with Crippen LogP contribution < -0.4 is 5.32 Å². The minimum atomic E-state index is 0.0802. The summed E-state index contributed by atoms with van der Waals surface area (Å²) in [7, 11) is 0. The van der Waals surface area contributed by atoms with Gasteiger partial charge in [-0.2, -0.15) is 0 Å². The third-order valence-corrected chi connectivity index (χ3v) is 6.28. The Hall–Kier alpha value is -0.870. The molecular formula is C17H25NO2S. The van der Waals surface area contributed by atoms with Crippen molar-refractivity contribution in [3.8, 4) is 0 Å². The Balaban J connectivity index is 1.57. The topological polar surface area (TPSA) is 49.3 Å². The number of carbonyl (C=O) groups excluding carboxylic acids is 1. The van der Waals surface area contributed by atoms with Crippen molar-refractivity contribution in [2.24, 2.45) is 11.8 Å². The maximum Gasteiger partial charge on any atom is 0.261 e. The van der Waals surface area contributed by atoms with Crippen LogP contribution in [0.2, 0.25) is 0 Å². The number of amides is 1. The minimum absolute atomic E-state index is 0.0802. The van der Waals surface area contributed by atoms with E-state index in [0.29, 0.717) is 18.4 Å². The fourth-order valence-corrected chi connectivity index (χ4v) is 4.88. The van der Waals surface area contributed by atoms with Crippen molar-refractivity contribution in [3.05, 3.63) is 21.4 Å². The van der Waals surface area contributed by atoms with Crippen LogP contribution in [0.5, 0.6) is 0 Å². The lowest BCUT2D eigenvalue weighted by Crippen LogP contribution is -2.35. The van der Waals surface area contributed by atoms with Crippen molar-refractivity contribution < 1.29 is 9.90 Å². The third-order valence-electron chi connectivity index (χ3n) is 5.05. The molecule has 0 radical (unpaired) electrons. The highest BCUT2D eigenvalue weighted by Crippen LogP contribution is 2.31.